The molecule has 2 aromatic carbocycles. The number of anilines is 2. The van der Waals surface area contributed by atoms with Crippen molar-refractivity contribution in [1.29, 1.82) is 0 Å². The third-order valence-electron chi connectivity index (χ3n) is 5.70. The minimum Gasteiger partial charge on any atom is -0.466 e. The molecule has 180 valence electrons. The van der Waals surface area contributed by atoms with Crippen molar-refractivity contribution in [2.75, 3.05) is 19.5 Å². The van der Waals surface area contributed by atoms with E-state index in [1.54, 1.807) is 37.4 Å². The highest BCUT2D eigenvalue weighted by Gasteiger charge is 2.37. The van der Waals surface area contributed by atoms with Gasteiger partial charge in [0.1, 0.15) is 5.82 Å². The molecule has 3 aromatic rings. The number of rotatable bonds is 6. The van der Waals surface area contributed by atoms with E-state index in [2.05, 4.69) is 15.6 Å². The van der Waals surface area contributed by atoms with Crippen molar-refractivity contribution in [2.45, 2.75) is 19.8 Å². The minimum atomic E-state index is -0.692. The topological polar surface area (TPSA) is 89.5 Å². The number of allylic oxidation sites excluding steroid dienone is 2. The van der Waals surface area contributed by atoms with E-state index < -0.39 is 17.9 Å². The van der Waals surface area contributed by atoms with Gasteiger partial charge in [-0.2, -0.15) is 0 Å². The fourth-order valence-corrected chi connectivity index (χ4v) is 4.86. The standard InChI is InChI=1S/C26H24FN3O4S/c1-14-21(24(31)33-3)23(22(15(2)28-14)25(32)34-4)16-8-7-9-17(12-16)29-26-30-20(13-35-26)18-10-5-6-11-19(18)27/h5-13,23,28H,1-4H3,(H,29,30). The molecule has 0 atom stereocenters. The van der Waals surface area contributed by atoms with Crippen LogP contribution in [0.2, 0.25) is 0 Å². The van der Waals surface area contributed by atoms with Crippen LogP contribution in [-0.2, 0) is 19.1 Å². The first-order valence-electron chi connectivity index (χ1n) is 10.8. The van der Waals surface area contributed by atoms with Crippen LogP contribution in [0.3, 0.4) is 0 Å². The number of ether oxygens (including phenoxy) is 2. The van der Waals surface area contributed by atoms with Gasteiger partial charge < -0.3 is 20.1 Å². The molecule has 0 spiro atoms. The number of thiazole rings is 1. The minimum absolute atomic E-state index is 0.326. The van der Waals surface area contributed by atoms with Gasteiger partial charge in [-0.15, -0.1) is 11.3 Å². The van der Waals surface area contributed by atoms with E-state index in [1.807, 2.05) is 24.3 Å². The van der Waals surface area contributed by atoms with Crippen LogP contribution in [0, 0.1) is 5.82 Å². The van der Waals surface area contributed by atoms with Crippen LogP contribution < -0.4 is 10.6 Å². The summed E-state index contributed by atoms with van der Waals surface area (Å²) in [7, 11) is 2.60. The summed E-state index contributed by atoms with van der Waals surface area (Å²) in [5.74, 6) is -2.11. The van der Waals surface area contributed by atoms with Crippen LogP contribution in [0.15, 0.2) is 76.5 Å². The summed E-state index contributed by atoms with van der Waals surface area (Å²) in [5.41, 5.74) is 4.19. The molecule has 4 rings (SSSR count). The van der Waals surface area contributed by atoms with Gasteiger partial charge >= 0.3 is 11.9 Å². The Balaban J connectivity index is 1.71. The molecule has 0 saturated heterocycles. The Morgan fingerprint density at radius 3 is 2.29 bits per heavy atom. The highest BCUT2D eigenvalue weighted by Crippen LogP contribution is 2.40. The predicted octanol–water partition coefficient (Wildman–Crippen LogP) is 5.27. The molecule has 35 heavy (non-hydrogen) atoms. The van der Waals surface area contributed by atoms with Crippen molar-refractivity contribution in [1.82, 2.24) is 10.3 Å². The van der Waals surface area contributed by atoms with Crippen LogP contribution in [-0.4, -0.2) is 31.1 Å². The van der Waals surface area contributed by atoms with Crippen LogP contribution in [0.5, 0.6) is 0 Å². The molecule has 0 unspecified atom stereocenters. The predicted molar refractivity (Wildman–Crippen MR) is 133 cm³/mol. The van der Waals surface area contributed by atoms with E-state index in [-0.39, 0.29) is 5.82 Å². The normalized spacial score (nSPS) is 14.0. The molecule has 0 amide bonds. The maximum atomic E-state index is 14.2. The summed E-state index contributed by atoms with van der Waals surface area (Å²) in [6.07, 6.45) is 0. The monoisotopic (exact) mass is 493 g/mol. The molecule has 2 heterocycles. The maximum absolute atomic E-state index is 14.2. The summed E-state index contributed by atoms with van der Waals surface area (Å²) in [6, 6.07) is 13.8. The second kappa shape index (κ2) is 10.1. The molecular formula is C26H24FN3O4S. The number of nitrogens with zero attached hydrogens (tertiary/aromatic N) is 1. The van der Waals surface area contributed by atoms with E-state index >= 15 is 0 Å². The first kappa shape index (κ1) is 24.2. The van der Waals surface area contributed by atoms with Crippen LogP contribution >= 0.6 is 11.3 Å². The number of methoxy groups -OCH3 is 2. The SMILES string of the molecule is COC(=O)C1=C(C)NC(C)=C(C(=O)OC)C1c1cccc(Nc2nc(-c3ccccc3F)cs2)c1. The van der Waals surface area contributed by atoms with Crippen molar-refractivity contribution in [3.63, 3.8) is 0 Å². The number of hydrogen-bond acceptors (Lipinski definition) is 8. The van der Waals surface area contributed by atoms with Gasteiger partial charge in [0.25, 0.3) is 0 Å². The van der Waals surface area contributed by atoms with Crippen molar-refractivity contribution in [3.8, 4) is 11.3 Å². The zero-order valence-corrected chi connectivity index (χ0v) is 20.5. The highest BCUT2D eigenvalue weighted by atomic mass is 32.1. The summed E-state index contributed by atoms with van der Waals surface area (Å²) < 4.78 is 24.2. The van der Waals surface area contributed by atoms with Crippen molar-refractivity contribution >= 4 is 34.1 Å². The Bertz CT molecular complexity index is 1320. The Labute approximate surface area is 206 Å². The third-order valence-corrected chi connectivity index (χ3v) is 6.45. The number of benzene rings is 2. The number of carbonyl (C=O) groups is 2. The van der Waals surface area contributed by atoms with Gasteiger partial charge in [0.2, 0.25) is 0 Å². The fourth-order valence-electron chi connectivity index (χ4n) is 4.13. The largest absolute Gasteiger partial charge is 0.466 e. The van der Waals surface area contributed by atoms with Gasteiger partial charge in [0.05, 0.1) is 37.0 Å². The molecule has 0 fully saturated rings. The summed E-state index contributed by atoms with van der Waals surface area (Å²) in [4.78, 5) is 29.9. The highest BCUT2D eigenvalue weighted by molar-refractivity contribution is 7.14. The van der Waals surface area contributed by atoms with Crippen molar-refractivity contribution in [2.24, 2.45) is 0 Å². The zero-order chi connectivity index (χ0) is 25.1. The smallest absolute Gasteiger partial charge is 0.336 e. The summed E-state index contributed by atoms with van der Waals surface area (Å²) >= 11 is 1.34. The summed E-state index contributed by atoms with van der Waals surface area (Å²) in [5, 5.41) is 8.68. The van der Waals surface area contributed by atoms with Crippen LogP contribution in [0.1, 0.15) is 25.3 Å². The Kier molecular flexibility index (Phi) is 6.97. The van der Waals surface area contributed by atoms with Crippen molar-refractivity contribution < 1.29 is 23.5 Å². The molecule has 2 N–H and O–H groups in total. The number of aromatic nitrogens is 1. The first-order valence-corrected chi connectivity index (χ1v) is 11.6. The Morgan fingerprint density at radius 1 is 1.00 bits per heavy atom. The number of nitrogens with one attached hydrogen (secondary N) is 2. The molecule has 0 radical (unpaired) electrons. The second-order valence-corrected chi connectivity index (χ2v) is 8.74. The molecule has 1 aliphatic heterocycles. The van der Waals surface area contributed by atoms with Gasteiger partial charge in [-0.3, -0.25) is 0 Å². The third kappa shape index (κ3) is 4.81. The van der Waals surface area contributed by atoms with Crippen LogP contribution in [0.4, 0.5) is 15.2 Å². The molecule has 9 heteroatoms. The lowest BCUT2D eigenvalue weighted by Crippen LogP contribution is -2.32. The van der Waals surface area contributed by atoms with E-state index in [4.69, 9.17) is 9.47 Å². The Morgan fingerprint density at radius 2 is 1.66 bits per heavy atom. The number of hydrogen-bond donors (Lipinski definition) is 2. The fraction of sp³-hybridized carbons (Fsp3) is 0.192. The Hall–Kier alpha value is -3.98. The van der Waals surface area contributed by atoms with Crippen molar-refractivity contribution in [3.05, 3.63) is 87.8 Å². The number of esters is 2. The molecule has 1 aromatic heterocycles. The number of dihydropyridines is 1. The first-order chi connectivity index (χ1) is 16.8. The van der Waals surface area contributed by atoms with Gasteiger partial charge in [-0.1, -0.05) is 24.3 Å². The molecule has 0 saturated carbocycles. The maximum Gasteiger partial charge on any atom is 0.336 e. The lowest BCUT2D eigenvalue weighted by molar-refractivity contribution is -0.137. The molecule has 0 aliphatic carbocycles. The van der Waals surface area contributed by atoms with E-state index in [0.29, 0.717) is 50.2 Å². The average molecular weight is 494 g/mol. The second-order valence-electron chi connectivity index (χ2n) is 7.89. The lowest BCUT2D eigenvalue weighted by atomic mass is 9.80. The van der Waals surface area contributed by atoms with Gasteiger partial charge in [-0.25, -0.2) is 19.0 Å². The zero-order valence-electron chi connectivity index (χ0n) is 19.6. The molecule has 0 bridgehead atoms. The summed E-state index contributed by atoms with van der Waals surface area (Å²) in [6.45, 7) is 3.53. The van der Waals surface area contributed by atoms with Gasteiger partial charge in [-0.05, 0) is 43.7 Å². The quantitative estimate of drug-likeness (QED) is 0.452. The molecule has 1 aliphatic rings. The van der Waals surface area contributed by atoms with E-state index in [9.17, 15) is 14.0 Å². The van der Waals surface area contributed by atoms with Gasteiger partial charge in [0.15, 0.2) is 5.13 Å². The van der Waals surface area contributed by atoms with E-state index in [0.717, 1.165) is 0 Å². The number of carbonyl (C=O) groups excluding carboxylic acids is 2. The molecular weight excluding hydrogens is 469 g/mol. The van der Waals surface area contributed by atoms with Crippen LogP contribution in [0.25, 0.3) is 11.3 Å². The lowest BCUT2D eigenvalue weighted by Gasteiger charge is -2.30. The number of halogens is 1. The van der Waals surface area contributed by atoms with Gasteiger partial charge in [0, 0.05) is 28.0 Å². The average Bonchev–Trinajstić information content (AvgIpc) is 3.31. The van der Waals surface area contributed by atoms with E-state index in [1.165, 1.54) is 31.6 Å². The molecule has 7 nitrogen and oxygen atoms in total.